The van der Waals surface area contributed by atoms with Gasteiger partial charge in [-0.2, -0.15) is 5.10 Å². The Bertz CT molecular complexity index is 949. The van der Waals surface area contributed by atoms with E-state index in [0.29, 0.717) is 30.4 Å². The van der Waals surface area contributed by atoms with E-state index in [1.807, 2.05) is 30.3 Å². The van der Waals surface area contributed by atoms with Crippen LogP contribution in [0, 0.1) is 12.8 Å². The van der Waals surface area contributed by atoms with Crippen molar-refractivity contribution in [3.63, 3.8) is 0 Å². The number of nitrogens with one attached hydrogen (secondary N) is 3. The fourth-order valence-electron chi connectivity index (χ4n) is 4.20. The number of aromatic amines is 1. The summed E-state index contributed by atoms with van der Waals surface area (Å²) in [5.74, 6) is 0.828. The summed E-state index contributed by atoms with van der Waals surface area (Å²) in [6.07, 6.45) is 2.98. The molecule has 2 aliphatic rings. The Kier molecular flexibility index (Phi) is 5.27. The molecule has 4 amide bonds. The number of hydrogen-bond acceptors (Lipinski definition) is 5. The molecular formula is C21H26N6O3. The Morgan fingerprint density at radius 1 is 1.27 bits per heavy atom. The molecule has 1 aromatic carbocycles. The summed E-state index contributed by atoms with van der Waals surface area (Å²) in [6, 6.07) is 8.23. The zero-order valence-electron chi connectivity index (χ0n) is 17.1. The van der Waals surface area contributed by atoms with Gasteiger partial charge >= 0.3 is 6.03 Å². The number of aromatic nitrogens is 3. The molecule has 0 radical (unpaired) electrons. The van der Waals surface area contributed by atoms with E-state index >= 15 is 0 Å². The van der Waals surface area contributed by atoms with E-state index < -0.39 is 23.5 Å². The number of urea groups is 1. The van der Waals surface area contributed by atoms with Crippen LogP contribution in [0.15, 0.2) is 30.3 Å². The van der Waals surface area contributed by atoms with Crippen LogP contribution in [0.4, 0.5) is 4.79 Å². The van der Waals surface area contributed by atoms with Gasteiger partial charge in [-0.25, -0.2) is 9.78 Å². The van der Waals surface area contributed by atoms with Gasteiger partial charge in [-0.3, -0.25) is 19.6 Å². The molecule has 30 heavy (non-hydrogen) atoms. The molecule has 1 aliphatic heterocycles. The van der Waals surface area contributed by atoms with E-state index in [2.05, 4.69) is 32.7 Å². The SMILES string of the molecule is Cc1nc(C(NC(=O)CN2C(=O)NC3(CCC(C)CC3)C2=O)c2ccccc2)n[nH]1. The lowest BCUT2D eigenvalue weighted by Gasteiger charge is -2.33. The molecule has 4 rings (SSSR count). The lowest BCUT2D eigenvalue weighted by molar-refractivity contribution is -0.136. The van der Waals surface area contributed by atoms with E-state index in [0.717, 1.165) is 23.3 Å². The van der Waals surface area contributed by atoms with Crippen molar-refractivity contribution >= 4 is 17.8 Å². The Morgan fingerprint density at radius 3 is 2.60 bits per heavy atom. The van der Waals surface area contributed by atoms with Crippen molar-refractivity contribution in [2.24, 2.45) is 5.92 Å². The summed E-state index contributed by atoms with van der Waals surface area (Å²) < 4.78 is 0. The highest BCUT2D eigenvalue weighted by Crippen LogP contribution is 2.36. The second-order valence-electron chi connectivity index (χ2n) is 8.28. The molecule has 1 saturated heterocycles. The van der Waals surface area contributed by atoms with Gasteiger partial charge in [0.2, 0.25) is 5.91 Å². The van der Waals surface area contributed by atoms with Gasteiger partial charge in [-0.1, -0.05) is 37.3 Å². The van der Waals surface area contributed by atoms with Crippen LogP contribution in [0.5, 0.6) is 0 Å². The van der Waals surface area contributed by atoms with Crippen LogP contribution in [0.2, 0.25) is 0 Å². The summed E-state index contributed by atoms with van der Waals surface area (Å²) in [5, 5.41) is 12.7. The zero-order chi connectivity index (χ0) is 21.3. The normalized spacial score (nSPS) is 24.7. The molecule has 1 spiro atoms. The lowest BCUT2D eigenvalue weighted by atomic mass is 9.77. The molecule has 9 heteroatoms. The zero-order valence-corrected chi connectivity index (χ0v) is 17.1. The van der Waals surface area contributed by atoms with Gasteiger partial charge in [-0.05, 0) is 44.1 Å². The highest BCUT2D eigenvalue weighted by molar-refractivity contribution is 6.09. The second kappa shape index (κ2) is 7.89. The monoisotopic (exact) mass is 410 g/mol. The molecule has 158 valence electrons. The summed E-state index contributed by atoms with van der Waals surface area (Å²) in [4.78, 5) is 43.7. The maximum absolute atomic E-state index is 13.0. The standard InChI is InChI=1S/C21H26N6O3/c1-13-8-10-21(11-9-13)19(29)27(20(30)24-21)12-16(28)23-17(15-6-4-3-5-7-15)18-22-14(2)25-26-18/h3-7,13,17H,8-12H2,1-2H3,(H,23,28)(H,24,30)(H,22,25,26). The molecule has 2 heterocycles. The lowest BCUT2D eigenvalue weighted by Crippen LogP contribution is -2.50. The molecule has 2 aromatic rings. The average Bonchev–Trinajstić information content (AvgIpc) is 3.26. The van der Waals surface area contributed by atoms with Crippen LogP contribution in [-0.4, -0.2) is 50.0 Å². The maximum atomic E-state index is 13.0. The molecule has 0 bridgehead atoms. The van der Waals surface area contributed by atoms with E-state index in [1.54, 1.807) is 6.92 Å². The molecule has 3 N–H and O–H groups in total. The third kappa shape index (κ3) is 3.79. The molecule has 2 fully saturated rings. The molecule has 1 unspecified atom stereocenters. The number of aryl methyl sites for hydroxylation is 1. The smallest absolute Gasteiger partial charge is 0.325 e. The summed E-state index contributed by atoms with van der Waals surface area (Å²) >= 11 is 0. The van der Waals surface area contributed by atoms with Crippen LogP contribution in [-0.2, 0) is 9.59 Å². The first-order chi connectivity index (χ1) is 14.4. The van der Waals surface area contributed by atoms with Crippen molar-refractivity contribution in [2.75, 3.05) is 6.54 Å². The molecule has 1 aliphatic carbocycles. The minimum absolute atomic E-state index is 0.306. The summed E-state index contributed by atoms with van der Waals surface area (Å²) in [5.41, 5.74) is -0.0522. The number of nitrogens with zero attached hydrogens (tertiary/aromatic N) is 3. The first-order valence-electron chi connectivity index (χ1n) is 10.3. The Labute approximate surface area is 174 Å². The number of imide groups is 1. The molecule has 1 aromatic heterocycles. The number of rotatable bonds is 5. The first kappa shape index (κ1) is 20.1. The van der Waals surface area contributed by atoms with Crippen molar-refractivity contribution < 1.29 is 14.4 Å². The highest BCUT2D eigenvalue weighted by atomic mass is 16.2. The van der Waals surface area contributed by atoms with Gasteiger partial charge in [0.05, 0.1) is 0 Å². The van der Waals surface area contributed by atoms with Gasteiger partial charge in [-0.15, -0.1) is 0 Å². The van der Waals surface area contributed by atoms with Crippen LogP contribution in [0.1, 0.15) is 55.9 Å². The van der Waals surface area contributed by atoms with Gasteiger partial charge in [0.25, 0.3) is 5.91 Å². The van der Waals surface area contributed by atoms with Gasteiger partial charge in [0, 0.05) is 0 Å². The number of amides is 4. The van der Waals surface area contributed by atoms with Gasteiger partial charge < -0.3 is 10.6 Å². The number of hydrogen-bond donors (Lipinski definition) is 3. The predicted molar refractivity (Wildman–Crippen MR) is 108 cm³/mol. The van der Waals surface area contributed by atoms with Crippen molar-refractivity contribution in [3.05, 3.63) is 47.5 Å². The number of carbonyl (C=O) groups is 3. The van der Waals surface area contributed by atoms with Crippen molar-refractivity contribution in [1.29, 1.82) is 0 Å². The average molecular weight is 410 g/mol. The Balaban J connectivity index is 1.49. The molecule has 1 saturated carbocycles. The minimum atomic E-state index is -0.858. The largest absolute Gasteiger partial charge is 0.340 e. The van der Waals surface area contributed by atoms with E-state index in [1.165, 1.54) is 0 Å². The Hall–Kier alpha value is -3.23. The summed E-state index contributed by atoms with van der Waals surface area (Å²) in [6.45, 7) is 3.58. The van der Waals surface area contributed by atoms with E-state index in [-0.39, 0.29) is 12.5 Å². The predicted octanol–water partition coefficient (Wildman–Crippen LogP) is 1.82. The van der Waals surface area contributed by atoms with Crippen molar-refractivity contribution in [1.82, 2.24) is 30.7 Å². The first-order valence-corrected chi connectivity index (χ1v) is 10.3. The van der Waals surface area contributed by atoms with Gasteiger partial charge in [0.15, 0.2) is 5.82 Å². The third-order valence-corrected chi connectivity index (χ3v) is 5.99. The minimum Gasteiger partial charge on any atom is -0.340 e. The topological polar surface area (TPSA) is 120 Å². The summed E-state index contributed by atoms with van der Waals surface area (Å²) in [7, 11) is 0. The second-order valence-corrected chi connectivity index (χ2v) is 8.28. The van der Waals surface area contributed by atoms with Crippen LogP contribution < -0.4 is 10.6 Å². The number of carbonyl (C=O) groups excluding carboxylic acids is 3. The van der Waals surface area contributed by atoms with Crippen LogP contribution >= 0.6 is 0 Å². The Morgan fingerprint density at radius 2 is 1.97 bits per heavy atom. The third-order valence-electron chi connectivity index (χ3n) is 5.99. The number of H-pyrrole nitrogens is 1. The van der Waals surface area contributed by atoms with Crippen LogP contribution in [0.3, 0.4) is 0 Å². The fourth-order valence-corrected chi connectivity index (χ4v) is 4.20. The van der Waals surface area contributed by atoms with Crippen molar-refractivity contribution in [3.8, 4) is 0 Å². The maximum Gasteiger partial charge on any atom is 0.325 e. The highest BCUT2D eigenvalue weighted by Gasteiger charge is 2.52. The molecule has 1 atom stereocenters. The van der Waals surface area contributed by atoms with Crippen molar-refractivity contribution in [2.45, 2.75) is 51.1 Å². The fraction of sp³-hybridized carbons (Fsp3) is 0.476. The molecular weight excluding hydrogens is 384 g/mol. The number of benzene rings is 1. The van der Waals surface area contributed by atoms with E-state index in [4.69, 9.17) is 0 Å². The van der Waals surface area contributed by atoms with E-state index in [9.17, 15) is 14.4 Å². The quantitative estimate of drug-likeness (QED) is 0.650. The van der Waals surface area contributed by atoms with Crippen LogP contribution in [0.25, 0.3) is 0 Å². The molecule has 9 nitrogen and oxygen atoms in total. The van der Waals surface area contributed by atoms with Gasteiger partial charge in [0.1, 0.15) is 23.9 Å².